The zero-order valence-corrected chi connectivity index (χ0v) is 10.2. The summed E-state index contributed by atoms with van der Waals surface area (Å²) in [6, 6.07) is 2.62. The van der Waals surface area contributed by atoms with Crippen molar-refractivity contribution in [1.82, 2.24) is 9.97 Å². The van der Waals surface area contributed by atoms with E-state index in [1.807, 2.05) is 6.07 Å². The van der Waals surface area contributed by atoms with Crippen LogP contribution in [0.15, 0.2) is 6.07 Å². The molecule has 1 heterocycles. The number of nitrogens with one attached hydrogen (secondary N) is 2. The second kappa shape index (κ2) is 4.68. The predicted molar refractivity (Wildman–Crippen MR) is 66.9 cm³/mol. The van der Waals surface area contributed by atoms with Crippen LogP contribution in [0.25, 0.3) is 0 Å². The molecule has 0 saturated heterocycles. The van der Waals surface area contributed by atoms with Gasteiger partial charge in [0.1, 0.15) is 17.5 Å². The second-order valence-corrected chi connectivity index (χ2v) is 4.60. The van der Waals surface area contributed by atoms with Crippen molar-refractivity contribution >= 4 is 11.6 Å². The van der Waals surface area contributed by atoms with Crippen LogP contribution in [0.5, 0.6) is 0 Å². The number of anilines is 2. The molecule has 16 heavy (non-hydrogen) atoms. The summed E-state index contributed by atoms with van der Waals surface area (Å²) in [6.07, 6.45) is 2.52. The van der Waals surface area contributed by atoms with E-state index in [1.54, 1.807) is 0 Å². The van der Waals surface area contributed by atoms with Crippen LogP contribution >= 0.6 is 0 Å². The van der Waals surface area contributed by atoms with Gasteiger partial charge in [0.05, 0.1) is 0 Å². The molecule has 0 atom stereocenters. The maximum Gasteiger partial charge on any atom is 0.135 e. The minimum absolute atomic E-state index is 0.360. The van der Waals surface area contributed by atoms with Gasteiger partial charge in [-0.25, -0.2) is 9.97 Å². The average Bonchev–Trinajstić information content (AvgIpc) is 3.01. The maximum absolute atomic E-state index is 4.53. The molecule has 4 heteroatoms. The van der Waals surface area contributed by atoms with Gasteiger partial charge in [0, 0.05) is 24.6 Å². The minimum Gasteiger partial charge on any atom is -0.370 e. The molecule has 0 aliphatic heterocycles. The van der Waals surface area contributed by atoms with Gasteiger partial charge in [-0.2, -0.15) is 0 Å². The molecule has 1 aliphatic carbocycles. The van der Waals surface area contributed by atoms with E-state index >= 15 is 0 Å². The zero-order valence-electron chi connectivity index (χ0n) is 10.2. The summed E-state index contributed by atoms with van der Waals surface area (Å²) in [7, 11) is 0. The lowest BCUT2D eigenvalue weighted by molar-refractivity contribution is 0.775. The smallest absolute Gasteiger partial charge is 0.135 e. The molecule has 4 nitrogen and oxygen atoms in total. The Labute approximate surface area is 96.9 Å². The first-order valence-corrected chi connectivity index (χ1v) is 6.08. The Morgan fingerprint density at radius 2 is 2.00 bits per heavy atom. The zero-order chi connectivity index (χ0) is 11.5. The van der Waals surface area contributed by atoms with Crippen molar-refractivity contribution in [3.63, 3.8) is 0 Å². The summed E-state index contributed by atoms with van der Waals surface area (Å²) >= 11 is 0. The highest BCUT2D eigenvalue weighted by Gasteiger charge is 2.22. The predicted octanol–water partition coefficient (Wildman–Crippen LogP) is 2.61. The highest BCUT2D eigenvalue weighted by Crippen LogP contribution is 2.25. The van der Waals surface area contributed by atoms with Gasteiger partial charge in [-0.1, -0.05) is 13.8 Å². The van der Waals surface area contributed by atoms with Gasteiger partial charge in [-0.15, -0.1) is 0 Å². The van der Waals surface area contributed by atoms with Crippen LogP contribution in [0.2, 0.25) is 0 Å². The molecule has 0 unspecified atom stereocenters. The molecule has 0 radical (unpaired) electrons. The van der Waals surface area contributed by atoms with E-state index in [0.717, 1.165) is 24.0 Å². The first-order valence-electron chi connectivity index (χ1n) is 6.08. The summed E-state index contributed by atoms with van der Waals surface area (Å²) in [5, 5.41) is 6.66. The van der Waals surface area contributed by atoms with Gasteiger partial charge in [0.25, 0.3) is 0 Å². The quantitative estimate of drug-likeness (QED) is 0.801. The third kappa shape index (κ3) is 2.84. The topological polar surface area (TPSA) is 49.8 Å². The van der Waals surface area contributed by atoms with Crippen LogP contribution in [0.1, 0.15) is 45.4 Å². The average molecular weight is 220 g/mol. The molecular formula is C12H20N4. The normalized spacial score (nSPS) is 15.2. The molecule has 1 aromatic rings. The molecule has 0 amide bonds. The number of nitrogens with zero attached hydrogens (tertiary/aromatic N) is 2. The minimum atomic E-state index is 0.360. The van der Waals surface area contributed by atoms with Crippen molar-refractivity contribution in [3.8, 4) is 0 Å². The summed E-state index contributed by atoms with van der Waals surface area (Å²) in [6.45, 7) is 7.19. The first-order chi connectivity index (χ1) is 7.69. The van der Waals surface area contributed by atoms with Crippen molar-refractivity contribution in [2.24, 2.45) is 0 Å². The van der Waals surface area contributed by atoms with E-state index in [9.17, 15) is 0 Å². The van der Waals surface area contributed by atoms with Crippen LogP contribution in [0.3, 0.4) is 0 Å². The second-order valence-electron chi connectivity index (χ2n) is 4.60. The molecule has 1 saturated carbocycles. The molecule has 2 N–H and O–H groups in total. The Morgan fingerprint density at radius 1 is 1.31 bits per heavy atom. The Kier molecular flexibility index (Phi) is 3.27. The lowest BCUT2D eigenvalue weighted by Gasteiger charge is -2.11. The standard InChI is InChI=1S/C12H20N4/c1-4-13-10-7-11(14-9-5-6-9)16-12(15-10)8(2)3/h7-9H,4-6H2,1-3H3,(H2,13,14,15,16). The molecule has 1 fully saturated rings. The highest BCUT2D eigenvalue weighted by atomic mass is 15.1. The van der Waals surface area contributed by atoms with Crippen molar-refractivity contribution in [2.45, 2.75) is 45.6 Å². The van der Waals surface area contributed by atoms with Crippen molar-refractivity contribution in [1.29, 1.82) is 0 Å². The van der Waals surface area contributed by atoms with E-state index in [-0.39, 0.29) is 0 Å². The van der Waals surface area contributed by atoms with Gasteiger partial charge in [0.15, 0.2) is 0 Å². The van der Waals surface area contributed by atoms with Crippen LogP contribution in [0, 0.1) is 0 Å². The Hall–Kier alpha value is -1.32. The van der Waals surface area contributed by atoms with E-state index in [0.29, 0.717) is 12.0 Å². The largest absolute Gasteiger partial charge is 0.370 e. The first kappa shape index (κ1) is 11.2. The third-order valence-electron chi connectivity index (χ3n) is 2.55. The molecule has 0 bridgehead atoms. The number of hydrogen-bond donors (Lipinski definition) is 2. The number of hydrogen-bond acceptors (Lipinski definition) is 4. The van der Waals surface area contributed by atoms with Gasteiger partial charge in [-0.3, -0.25) is 0 Å². The molecule has 1 aromatic heterocycles. The van der Waals surface area contributed by atoms with Crippen molar-refractivity contribution < 1.29 is 0 Å². The van der Waals surface area contributed by atoms with E-state index in [2.05, 4.69) is 41.4 Å². The summed E-state index contributed by atoms with van der Waals surface area (Å²) in [5.74, 6) is 3.14. The highest BCUT2D eigenvalue weighted by molar-refractivity contribution is 5.48. The number of rotatable bonds is 5. The van der Waals surface area contributed by atoms with Crippen LogP contribution in [0.4, 0.5) is 11.6 Å². The summed E-state index contributed by atoms with van der Waals surface area (Å²) in [4.78, 5) is 9.02. The number of aromatic nitrogens is 2. The van der Waals surface area contributed by atoms with Crippen LogP contribution in [-0.2, 0) is 0 Å². The van der Waals surface area contributed by atoms with Gasteiger partial charge >= 0.3 is 0 Å². The fraction of sp³-hybridized carbons (Fsp3) is 0.667. The fourth-order valence-electron chi connectivity index (χ4n) is 1.51. The lowest BCUT2D eigenvalue weighted by atomic mass is 10.2. The van der Waals surface area contributed by atoms with Crippen molar-refractivity contribution in [2.75, 3.05) is 17.2 Å². The Bertz CT molecular complexity index is 358. The summed E-state index contributed by atoms with van der Waals surface area (Å²) < 4.78 is 0. The Morgan fingerprint density at radius 3 is 2.56 bits per heavy atom. The van der Waals surface area contributed by atoms with Gasteiger partial charge in [-0.05, 0) is 19.8 Å². The molecule has 0 aromatic carbocycles. The van der Waals surface area contributed by atoms with E-state index in [1.165, 1.54) is 12.8 Å². The van der Waals surface area contributed by atoms with Crippen LogP contribution in [-0.4, -0.2) is 22.6 Å². The van der Waals surface area contributed by atoms with E-state index in [4.69, 9.17) is 0 Å². The maximum atomic E-state index is 4.53. The van der Waals surface area contributed by atoms with Crippen molar-refractivity contribution in [3.05, 3.63) is 11.9 Å². The van der Waals surface area contributed by atoms with E-state index < -0.39 is 0 Å². The monoisotopic (exact) mass is 220 g/mol. The van der Waals surface area contributed by atoms with Gasteiger partial charge < -0.3 is 10.6 Å². The lowest BCUT2D eigenvalue weighted by Crippen LogP contribution is -2.09. The fourth-order valence-corrected chi connectivity index (χ4v) is 1.51. The summed E-state index contributed by atoms with van der Waals surface area (Å²) in [5.41, 5.74) is 0. The SMILES string of the molecule is CCNc1cc(NC2CC2)nc(C(C)C)n1. The Balaban J connectivity index is 2.20. The molecule has 2 rings (SSSR count). The van der Waals surface area contributed by atoms with Gasteiger partial charge in [0.2, 0.25) is 0 Å². The molecular weight excluding hydrogens is 200 g/mol. The molecule has 1 aliphatic rings. The van der Waals surface area contributed by atoms with Crippen LogP contribution < -0.4 is 10.6 Å². The molecule has 88 valence electrons. The molecule has 0 spiro atoms. The third-order valence-corrected chi connectivity index (χ3v) is 2.55.